The molecule has 2 nitrogen and oxygen atoms in total. The zero-order valence-corrected chi connectivity index (χ0v) is 15.3. The van der Waals surface area contributed by atoms with Crippen LogP contribution in [0, 0.1) is 20.8 Å². The summed E-state index contributed by atoms with van der Waals surface area (Å²) >= 11 is 0. The highest BCUT2D eigenvalue weighted by Crippen LogP contribution is 2.30. The van der Waals surface area contributed by atoms with Crippen LogP contribution in [0.2, 0.25) is 0 Å². The molecular formula is C23H26N2. The van der Waals surface area contributed by atoms with Crippen molar-refractivity contribution in [1.82, 2.24) is 0 Å². The lowest BCUT2D eigenvalue weighted by Gasteiger charge is -2.19. The number of anilines is 2. The van der Waals surface area contributed by atoms with Gasteiger partial charge < -0.3 is 10.6 Å². The number of benzene rings is 3. The Morgan fingerprint density at radius 2 is 1.16 bits per heavy atom. The van der Waals surface area contributed by atoms with E-state index in [1.165, 1.54) is 39.2 Å². The van der Waals surface area contributed by atoms with E-state index in [4.69, 9.17) is 0 Å². The van der Waals surface area contributed by atoms with Gasteiger partial charge in [0, 0.05) is 24.5 Å². The second kappa shape index (κ2) is 7.89. The van der Waals surface area contributed by atoms with Gasteiger partial charge in [-0.1, -0.05) is 60.7 Å². The maximum atomic E-state index is 3.61. The number of aryl methyl sites for hydroxylation is 1. The second-order valence-electron chi connectivity index (χ2n) is 6.54. The van der Waals surface area contributed by atoms with Gasteiger partial charge in [-0.2, -0.15) is 0 Å². The molecule has 0 aromatic heterocycles. The molecule has 0 aliphatic carbocycles. The van der Waals surface area contributed by atoms with E-state index in [9.17, 15) is 0 Å². The van der Waals surface area contributed by atoms with Crippen LogP contribution in [0.3, 0.4) is 0 Å². The van der Waals surface area contributed by atoms with E-state index in [0.29, 0.717) is 0 Å². The Hall–Kier alpha value is -2.74. The van der Waals surface area contributed by atoms with Crippen LogP contribution in [-0.2, 0) is 13.1 Å². The van der Waals surface area contributed by atoms with Crippen LogP contribution in [0.4, 0.5) is 11.4 Å². The van der Waals surface area contributed by atoms with Crippen molar-refractivity contribution >= 4 is 11.4 Å². The van der Waals surface area contributed by atoms with Gasteiger partial charge in [0.25, 0.3) is 0 Å². The van der Waals surface area contributed by atoms with E-state index in [0.717, 1.165) is 13.1 Å². The predicted octanol–water partition coefficient (Wildman–Crippen LogP) is 5.84. The largest absolute Gasteiger partial charge is 0.381 e. The lowest BCUT2D eigenvalue weighted by molar-refractivity contribution is 1.10. The molecule has 0 aliphatic heterocycles. The first-order valence-electron chi connectivity index (χ1n) is 8.81. The van der Waals surface area contributed by atoms with Crippen LogP contribution in [-0.4, -0.2) is 0 Å². The predicted molar refractivity (Wildman–Crippen MR) is 108 cm³/mol. The van der Waals surface area contributed by atoms with Crippen molar-refractivity contribution in [3.63, 3.8) is 0 Å². The molecule has 0 bridgehead atoms. The SMILES string of the molecule is Cc1cc(NCc2ccccc2)c(C)c(C)c1NCc1ccccc1. The third kappa shape index (κ3) is 4.21. The Balaban J connectivity index is 1.74. The molecule has 0 radical (unpaired) electrons. The van der Waals surface area contributed by atoms with Gasteiger partial charge in [0.1, 0.15) is 0 Å². The quantitative estimate of drug-likeness (QED) is 0.593. The second-order valence-corrected chi connectivity index (χ2v) is 6.54. The number of hydrogen-bond acceptors (Lipinski definition) is 2. The molecular weight excluding hydrogens is 304 g/mol. The van der Waals surface area contributed by atoms with Gasteiger partial charge in [-0.15, -0.1) is 0 Å². The fourth-order valence-electron chi connectivity index (χ4n) is 3.12. The van der Waals surface area contributed by atoms with Crippen molar-refractivity contribution < 1.29 is 0 Å². The Morgan fingerprint density at radius 1 is 0.640 bits per heavy atom. The first-order valence-corrected chi connectivity index (χ1v) is 8.81. The van der Waals surface area contributed by atoms with Crippen molar-refractivity contribution in [3.8, 4) is 0 Å². The van der Waals surface area contributed by atoms with Gasteiger partial charge in [0.2, 0.25) is 0 Å². The van der Waals surface area contributed by atoms with E-state index < -0.39 is 0 Å². The van der Waals surface area contributed by atoms with Crippen LogP contribution in [0.1, 0.15) is 27.8 Å². The van der Waals surface area contributed by atoms with Gasteiger partial charge in [0.05, 0.1) is 0 Å². The van der Waals surface area contributed by atoms with Crippen molar-refractivity contribution in [1.29, 1.82) is 0 Å². The molecule has 0 fully saturated rings. The maximum Gasteiger partial charge on any atom is 0.0406 e. The highest BCUT2D eigenvalue weighted by molar-refractivity contribution is 5.69. The molecule has 0 saturated heterocycles. The minimum Gasteiger partial charge on any atom is -0.381 e. The summed E-state index contributed by atoms with van der Waals surface area (Å²) in [4.78, 5) is 0. The summed E-state index contributed by atoms with van der Waals surface area (Å²) in [5.41, 5.74) is 8.93. The van der Waals surface area contributed by atoms with E-state index >= 15 is 0 Å². The average molecular weight is 330 g/mol. The van der Waals surface area contributed by atoms with E-state index in [1.807, 2.05) is 0 Å². The van der Waals surface area contributed by atoms with Crippen LogP contribution < -0.4 is 10.6 Å². The lowest BCUT2D eigenvalue weighted by Crippen LogP contribution is -2.07. The smallest absolute Gasteiger partial charge is 0.0406 e. The molecule has 0 amide bonds. The molecule has 2 N–H and O–H groups in total. The summed E-state index contributed by atoms with van der Waals surface area (Å²) in [5, 5.41) is 7.20. The average Bonchev–Trinajstić information content (AvgIpc) is 2.65. The number of nitrogens with one attached hydrogen (secondary N) is 2. The minimum absolute atomic E-state index is 0.845. The normalized spacial score (nSPS) is 10.5. The van der Waals surface area contributed by atoms with Crippen molar-refractivity contribution in [2.24, 2.45) is 0 Å². The molecule has 0 atom stereocenters. The monoisotopic (exact) mass is 330 g/mol. The van der Waals surface area contributed by atoms with E-state index in [2.05, 4.69) is 98.1 Å². The van der Waals surface area contributed by atoms with Crippen molar-refractivity contribution in [3.05, 3.63) is 94.5 Å². The fourth-order valence-corrected chi connectivity index (χ4v) is 3.12. The topological polar surface area (TPSA) is 24.1 Å². The molecule has 0 saturated carbocycles. The first-order chi connectivity index (χ1) is 12.1. The van der Waals surface area contributed by atoms with Gasteiger partial charge in [-0.05, 0) is 54.7 Å². The zero-order chi connectivity index (χ0) is 17.6. The van der Waals surface area contributed by atoms with Gasteiger partial charge in [-0.25, -0.2) is 0 Å². The number of hydrogen-bond donors (Lipinski definition) is 2. The zero-order valence-electron chi connectivity index (χ0n) is 15.3. The van der Waals surface area contributed by atoms with E-state index in [-0.39, 0.29) is 0 Å². The molecule has 128 valence electrons. The standard InChI is InChI=1S/C23H26N2/c1-17-14-22(24-15-20-10-6-4-7-11-20)18(2)19(3)23(17)25-16-21-12-8-5-9-13-21/h4-14,24-25H,15-16H2,1-3H3. The third-order valence-corrected chi connectivity index (χ3v) is 4.73. The lowest BCUT2D eigenvalue weighted by atomic mass is 10.0. The molecule has 0 spiro atoms. The Kier molecular flexibility index (Phi) is 5.39. The summed E-state index contributed by atoms with van der Waals surface area (Å²) in [6, 6.07) is 23.3. The molecule has 3 aromatic rings. The summed E-state index contributed by atoms with van der Waals surface area (Å²) < 4.78 is 0. The van der Waals surface area contributed by atoms with Crippen LogP contribution in [0.5, 0.6) is 0 Å². The van der Waals surface area contributed by atoms with Crippen LogP contribution >= 0.6 is 0 Å². The molecule has 25 heavy (non-hydrogen) atoms. The van der Waals surface area contributed by atoms with Crippen molar-refractivity contribution in [2.45, 2.75) is 33.9 Å². The van der Waals surface area contributed by atoms with E-state index in [1.54, 1.807) is 0 Å². The molecule has 0 unspecified atom stereocenters. The molecule has 0 aliphatic rings. The minimum atomic E-state index is 0.845. The van der Waals surface area contributed by atoms with Gasteiger partial charge >= 0.3 is 0 Å². The first kappa shape index (κ1) is 17.1. The van der Waals surface area contributed by atoms with Gasteiger partial charge in [-0.3, -0.25) is 0 Å². The Bertz CT molecular complexity index is 824. The number of rotatable bonds is 6. The third-order valence-electron chi connectivity index (χ3n) is 4.73. The fraction of sp³-hybridized carbons (Fsp3) is 0.217. The summed E-state index contributed by atoms with van der Waals surface area (Å²) in [5.74, 6) is 0. The molecule has 0 heterocycles. The van der Waals surface area contributed by atoms with Crippen LogP contribution in [0.25, 0.3) is 0 Å². The van der Waals surface area contributed by atoms with Crippen molar-refractivity contribution in [2.75, 3.05) is 10.6 Å². The molecule has 3 rings (SSSR count). The summed E-state index contributed by atoms with van der Waals surface area (Å²) in [7, 11) is 0. The maximum absolute atomic E-state index is 3.61. The molecule has 2 heteroatoms. The van der Waals surface area contributed by atoms with Crippen LogP contribution in [0.15, 0.2) is 66.7 Å². The highest BCUT2D eigenvalue weighted by atomic mass is 14.9. The summed E-state index contributed by atoms with van der Waals surface area (Å²) in [6.07, 6.45) is 0. The van der Waals surface area contributed by atoms with Gasteiger partial charge in [0.15, 0.2) is 0 Å². The summed E-state index contributed by atoms with van der Waals surface area (Å²) in [6.45, 7) is 8.25. The Morgan fingerprint density at radius 3 is 1.72 bits per heavy atom. The molecule has 3 aromatic carbocycles. The Labute approximate surface area is 150 Å². The highest BCUT2D eigenvalue weighted by Gasteiger charge is 2.10.